The number of rotatable bonds is 2. The minimum atomic E-state index is -0.972. The van der Waals surface area contributed by atoms with Crippen LogP contribution in [0.5, 0.6) is 0 Å². The van der Waals surface area contributed by atoms with Crippen LogP contribution < -0.4 is 0 Å². The minimum Gasteiger partial charge on any atom is -0.478 e. The number of hydrogen-bond donors (Lipinski definition) is 1. The molecular weight excluding hydrogens is 240 g/mol. The molecule has 94 valence electrons. The Hall–Kier alpha value is -2.55. The quantitative estimate of drug-likeness (QED) is 0.746. The van der Waals surface area contributed by atoms with E-state index in [1.807, 2.05) is 43.3 Å². The maximum absolute atomic E-state index is 11.5. The summed E-state index contributed by atoms with van der Waals surface area (Å²) in [7, 11) is 0. The highest BCUT2D eigenvalue weighted by molar-refractivity contribution is 6.07. The molecule has 1 aromatic heterocycles. The maximum Gasteiger partial charge on any atom is 0.340 e. The highest BCUT2D eigenvalue weighted by Gasteiger charge is 2.20. The Morgan fingerprint density at radius 1 is 1.05 bits per heavy atom. The van der Waals surface area contributed by atoms with Gasteiger partial charge in [0, 0.05) is 10.9 Å². The highest BCUT2D eigenvalue weighted by Crippen LogP contribution is 2.33. The molecule has 3 aromatic rings. The summed E-state index contributed by atoms with van der Waals surface area (Å²) in [6.07, 6.45) is 0. The van der Waals surface area contributed by atoms with Crippen molar-refractivity contribution in [2.24, 2.45) is 0 Å². The maximum atomic E-state index is 11.5. The molecule has 19 heavy (non-hydrogen) atoms. The van der Waals surface area contributed by atoms with Crippen LogP contribution in [0.25, 0.3) is 22.3 Å². The van der Waals surface area contributed by atoms with Gasteiger partial charge >= 0.3 is 5.97 Å². The molecule has 0 saturated carbocycles. The fraction of sp³-hybridized carbons (Fsp3) is 0.0625. The normalized spacial score (nSPS) is 10.8. The van der Waals surface area contributed by atoms with Gasteiger partial charge in [-0.2, -0.15) is 0 Å². The molecule has 2 aromatic carbocycles. The lowest BCUT2D eigenvalue weighted by Crippen LogP contribution is -1.96. The Morgan fingerprint density at radius 2 is 1.74 bits per heavy atom. The number of aromatic carboxylic acids is 1. The van der Waals surface area contributed by atoms with Crippen LogP contribution in [-0.4, -0.2) is 11.1 Å². The SMILES string of the molecule is Cc1ccc(-c2oc3ccccc3c2C(=O)O)cc1. The predicted octanol–water partition coefficient (Wildman–Crippen LogP) is 4.11. The lowest BCUT2D eigenvalue weighted by molar-refractivity contribution is 0.0699. The number of para-hydroxylation sites is 1. The first kappa shape index (κ1) is 11.5. The Morgan fingerprint density at radius 3 is 2.42 bits per heavy atom. The monoisotopic (exact) mass is 252 g/mol. The summed E-state index contributed by atoms with van der Waals surface area (Å²) in [6, 6.07) is 14.8. The van der Waals surface area contributed by atoms with E-state index in [0.29, 0.717) is 16.7 Å². The van der Waals surface area contributed by atoms with Crippen molar-refractivity contribution < 1.29 is 14.3 Å². The van der Waals surface area contributed by atoms with Crippen molar-refractivity contribution in [3.05, 3.63) is 59.7 Å². The van der Waals surface area contributed by atoms with Crippen LogP contribution in [0.4, 0.5) is 0 Å². The van der Waals surface area contributed by atoms with Crippen molar-refractivity contribution in [1.82, 2.24) is 0 Å². The van der Waals surface area contributed by atoms with Gasteiger partial charge in [-0.15, -0.1) is 0 Å². The molecular formula is C16H12O3. The molecule has 0 aliphatic heterocycles. The van der Waals surface area contributed by atoms with E-state index in [9.17, 15) is 9.90 Å². The second kappa shape index (κ2) is 4.28. The van der Waals surface area contributed by atoms with E-state index >= 15 is 0 Å². The van der Waals surface area contributed by atoms with E-state index in [1.54, 1.807) is 12.1 Å². The molecule has 0 fully saturated rings. The van der Waals surface area contributed by atoms with Crippen molar-refractivity contribution >= 4 is 16.9 Å². The molecule has 1 heterocycles. The first-order valence-corrected chi connectivity index (χ1v) is 5.98. The van der Waals surface area contributed by atoms with E-state index < -0.39 is 5.97 Å². The van der Waals surface area contributed by atoms with Crippen LogP contribution in [0, 0.1) is 6.92 Å². The summed E-state index contributed by atoms with van der Waals surface area (Å²) in [6.45, 7) is 1.99. The van der Waals surface area contributed by atoms with Crippen molar-refractivity contribution in [2.75, 3.05) is 0 Å². The Kier molecular flexibility index (Phi) is 2.60. The van der Waals surface area contributed by atoms with Gasteiger partial charge in [0.05, 0.1) is 0 Å². The number of carboxylic acids is 1. The summed E-state index contributed by atoms with van der Waals surface area (Å²) < 4.78 is 5.71. The second-order valence-corrected chi connectivity index (χ2v) is 4.47. The number of benzene rings is 2. The molecule has 0 radical (unpaired) electrons. The fourth-order valence-electron chi connectivity index (χ4n) is 2.17. The molecule has 0 aliphatic rings. The van der Waals surface area contributed by atoms with Crippen LogP contribution in [0.2, 0.25) is 0 Å². The van der Waals surface area contributed by atoms with E-state index in [1.165, 1.54) is 0 Å². The van der Waals surface area contributed by atoms with E-state index in [0.717, 1.165) is 11.1 Å². The van der Waals surface area contributed by atoms with Gasteiger partial charge in [0.15, 0.2) is 0 Å². The lowest BCUT2D eigenvalue weighted by Gasteiger charge is -2.00. The van der Waals surface area contributed by atoms with E-state index in [2.05, 4.69) is 0 Å². The summed E-state index contributed by atoms with van der Waals surface area (Å²) in [4.78, 5) is 11.5. The molecule has 0 amide bonds. The number of fused-ring (bicyclic) bond motifs is 1. The molecule has 0 saturated heterocycles. The average Bonchev–Trinajstić information content (AvgIpc) is 2.78. The summed E-state index contributed by atoms with van der Waals surface area (Å²) in [5.41, 5.74) is 2.71. The topological polar surface area (TPSA) is 50.4 Å². The van der Waals surface area contributed by atoms with Crippen LogP contribution in [0.3, 0.4) is 0 Å². The molecule has 3 rings (SSSR count). The van der Waals surface area contributed by atoms with Crippen molar-refractivity contribution in [3.63, 3.8) is 0 Å². The van der Waals surface area contributed by atoms with Gasteiger partial charge in [-0.05, 0) is 13.0 Å². The third-order valence-electron chi connectivity index (χ3n) is 3.12. The highest BCUT2D eigenvalue weighted by atomic mass is 16.4. The van der Waals surface area contributed by atoms with Crippen LogP contribution in [0.15, 0.2) is 52.9 Å². The summed E-state index contributed by atoms with van der Waals surface area (Å²) in [5.74, 6) is -0.561. The Bertz CT molecular complexity index is 751. The number of aryl methyl sites for hydroxylation is 1. The molecule has 0 unspecified atom stereocenters. The Balaban J connectivity index is 2.31. The summed E-state index contributed by atoms with van der Waals surface area (Å²) in [5, 5.41) is 10.0. The largest absolute Gasteiger partial charge is 0.478 e. The zero-order valence-corrected chi connectivity index (χ0v) is 10.4. The van der Waals surface area contributed by atoms with Gasteiger partial charge in [0.1, 0.15) is 16.9 Å². The second-order valence-electron chi connectivity index (χ2n) is 4.47. The average molecular weight is 252 g/mol. The van der Waals surface area contributed by atoms with Gasteiger partial charge in [-0.3, -0.25) is 0 Å². The third kappa shape index (κ3) is 1.89. The van der Waals surface area contributed by atoms with Crippen LogP contribution in [-0.2, 0) is 0 Å². The first-order valence-electron chi connectivity index (χ1n) is 5.98. The van der Waals surface area contributed by atoms with E-state index in [4.69, 9.17) is 4.42 Å². The minimum absolute atomic E-state index is 0.222. The van der Waals surface area contributed by atoms with Gasteiger partial charge in [0.25, 0.3) is 0 Å². The van der Waals surface area contributed by atoms with Gasteiger partial charge in [-0.25, -0.2) is 4.79 Å². The molecule has 0 atom stereocenters. The predicted molar refractivity (Wildman–Crippen MR) is 73.3 cm³/mol. The van der Waals surface area contributed by atoms with Gasteiger partial charge < -0.3 is 9.52 Å². The molecule has 1 N–H and O–H groups in total. The van der Waals surface area contributed by atoms with Crippen molar-refractivity contribution in [1.29, 1.82) is 0 Å². The fourth-order valence-corrected chi connectivity index (χ4v) is 2.17. The molecule has 0 bridgehead atoms. The molecule has 3 nitrogen and oxygen atoms in total. The summed E-state index contributed by atoms with van der Waals surface area (Å²) >= 11 is 0. The zero-order chi connectivity index (χ0) is 13.4. The number of hydrogen-bond acceptors (Lipinski definition) is 2. The zero-order valence-electron chi connectivity index (χ0n) is 10.4. The standard InChI is InChI=1S/C16H12O3/c1-10-6-8-11(9-7-10)15-14(16(17)18)12-4-2-3-5-13(12)19-15/h2-9H,1H3,(H,17,18). The molecule has 0 aliphatic carbocycles. The van der Waals surface area contributed by atoms with Crippen molar-refractivity contribution in [3.8, 4) is 11.3 Å². The third-order valence-corrected chi connectivity index (χ3v) is 3.12. The van der Waals surface area contributed by atoms with Crippen LogP contribution >= 0.6 is 0 Å². The van der Waals surface area contributed by atoms with E-state index in [-0.39, 0.29) is 5.56 Å². The van der Waals surface area contributed by atoms with Crippen LogP contribution in [0.1, 0.15) is 15.9 Å². The number of furan rings is 1. The smallest absolute Gasteiger partial charge is 0.340 e. The Labute approximate surface area is 110 Å². The van der Waals surface area contributed by atoms with Gasteiger partial charge in [-0.1, -0.05) is 48.0 Å². The lowest BCUT2D eigenvalue weighted by atomic mass is 10.0. The number of carbonyl (C=O) groups is 1. The molecule has 0 spiro atoms. The van der Waals surface area contributed by atoms with Gasteiger partial charge in [0.2, 0.25) is 0 Å². The first-order chi connectivity index (χ1) is 9.16. The molecule has 3 heteroatoms. The van der Waals surface area contributed by atoms with Crippen molar-refractivity contribution in [2.45, 2.75) is 6.92 Å². The number of carboxylic acid groups (broad SMARTS) is 1.